The first kappa shape index (κ1) is 27.5. The van der Waals surface area contributed by atoms with E-state index in [9.17, 15) is 4.79 Å². The quantitative estimate of drug-likeness (QED) is 0.348. The molecule has 3 aromatic rings. The maximum absolute atomic E-state index is 13.0. The number of nitrogens with two attached hydrogens (primary N) is 1. The zero-order valence-corrected chi connectivity index (χ0v) is 22.3. The monoisotopic (exact) mass is 527 g/mol. The van der Waals surface area contributed by atoms with Crippen LogP contribution in [0.4, 0.5) is 11.5 Å². The number of nitrogens with one attached hydrogen (secondary N) is 2. The molecule has 0 spiro atoms. The maximum atomic E-state index is 13.0. The second kappa shape index (κ2) is 12.8. The number of pyridine rings is 1. The van der Waals surface area contributed by atoms with Crippen LogP contribution in [-0.4, -0.2) is 60.5 Å². The predicted octanol–water partition coefficient (Wildman–Crippen LogP) is 3.81. The van der Waals surface area contributed by atoms with Gasteiger partial charge in [-0.15, -0.1) is 0 Å². The van der Waals surface area contributed by atoms with E-state index in [1.165, 1.54) is 0 Å². The van der Waals surface area contributed by atoms with Crippen LogP contribution in [0.15, 0.2) is 82.9 Å². The van der Waals surface area contributed by atoms with E-state index in [1.807, 2.05) is 80.3 Å². The van der Waals surface area contributed by atoms with Crippen molar-refractivity contribution in [2.45, 2.75) is 33.0 Å². The fraction of sp³-hybridized carbons (Fsp3) is 0.276. The summed E-state index contributed by atoms with van der Waals surface area (Å²) in [5.74, 6) is -0.0867. The molecular formula is C29H33N7O3. The van der Waals surface area contributed by atoms with Gasteiger partial charge in [-0.3, -0.25) is 10.2 Å². The van der Waals surface area contributed by atoms with Crippen molar-refractivity contribution in [3.05, 3.63) is 89.6 Å². The first-order valence-electron chi connectivity index (χ1n) is 12.9. The molecule has 2 aromatic carbocycles. The van der Waals surface area contributed by atoms with Gasteiger partial charge in [-0.2, -0.15) is 4.99 Å². The van der Waals surface area contributed by atoms with Crippen molar-refractivity contribution in [3.8, 4) is 0 Å². The lowest BCUT2D eigenvalue weighted by molar-refractivity contribution is -0.117. The van der Waals surface area contributed by atoms with E-state index >= 15 is 0 Å². The summed E-state index contributed by atoms with van der Waals surface area (Å²) in [6, 6.07) is 20.1. The third kappa shape index (κ3) is 6.47. The summed E-state index contributed by atoms with van der Waals surface area (Å²) in [4.78, 5) is 28.4. The molecule has 1 saturated heterocycles. The third-order valence-electron chi connectivity index (χ3n) is 6.00. The van der Waals surface area contributed by atoms with Crippen molar-refractivity contribution in [1.29, 1.82) is 5.41 Å². The second-order valence-electron chi connectivity index (χ2n) is 8.65. The Morgan fingerprint density at radius 2 is 1.87 bits per heavy atom. The number of hydrogen-bond donors (Lipinski definition) is 3. The normalized spacial score (nSPS) is 18.9. The Kier molecular flexibility index (Phi) is 9.01. The van der Waals surface area contributed by atoms with Gasteiger partial charge in [-0.05, 0) is 25.1 Å². The van der Waals surface area contributed by atoms with E-state index in [0.717, 1.165) is 11.1 Å². The lowest BCUT2D eigenvalue weighted by Gasteiger charge is -2.33. The Balaban J connectivity index is 0.00000172. The molecule has 1 amide bonds. The summed E-state index contributed by atoms with van der Waals surface area (Å²) in [7, 11) is 0. The number of benzene rings is 2. The number of morpholine rings is 1. The Bertz CT molecular complexity index is 1370. The zero-order chi connectivity index (χ0) is 27.8. The van der Waals surface area contributed by atoms with Gasteiger partial charge in [0.25, 0.3) is 11.9 Å². The van der Waals surface area contributed by atoms with Gasteiger partial charge in [0.2, 0.25) is 12.1 Å². The minimum absolute atomic E-state index is 0.0416. The molecule has 202 valence electrons. The summed E-state index contributed by atoms with van der Waals surface area (Å²) < 4.78 is 11.2. The van der Waals surface area contributed by atoms with Crippen LogP contribution in [0.25, 0.3) is 0 Å². The molecule has 0 radical (unpaired) electrons. The number of amidine groups is 1. The van der Waals surface area contributed by atoms with Crippen molar-refractivity contribution >= 4 is 35.0 Å². The van der Waals surface area contributed by atoms with Crippen LogP contribution in [0.1, 0.15) is 37.5 Å². The molecule has 1 aromatic heterocycles. The number of carbonyl (C=O) groups is 1. The molecule has 3 heterocycles. The largest absolute Gasteiger partial charge is 0.407 e. The highest BCUT2D eigenvalue weighted by Crippen LogP contribution is 2.25. The molecule has 39 heavy (non-hydrogen) atoms. The van der Waals surface area contributed by atoms with Crippen molar-refractivity contribution in [2.75, 3.05) is 29.9 Å². The van der Waals surface area contributed by atoms with Crippen LogP contribution >= 0.6 is 0 Å². The number of fused-ring (bicyclic) bond motifs is 1. The standard InChI is InChI=1S/C27H27N7O3.C2H6/c1-17-16-34(14-15-36-17)25-20(11-7-13-30-25)23(28)37-27(29)33-24-26(35)31-21-12-6-5-10-19(21)22(32-24)18-8-3-2-4-9-18;1-2/h2-13,17,24,28H,14-16H2,1H3,(H2,29,33)(H,31,35);1-2H3/t17-,24?;/m0./s1. The van der Waals surface area contributed by atoms with Gasteiger partial charge >= 0.3 is 0 Å². The van der Waals surface area contributed by atoms with Crippen LogP contribution in [-0.2, 0) is 14.3 Å². The number of nitrogens with zero attached hydrogens (tertiary/aromatic N) is 4. The SMILES string of the molecule is CC.C[C@H]1CN(c2ncccc2C(=N)O/C(N)=N/C2N=C(c3ccccc3)c3ccccc3NC2=O)CCO1. The summed E-state index contributed by atoms with van der Waals surface area (Å²) in [5, 5.41) is 11.4. The van der Waals surface area contributed by atoms with Crippen molar-refractivity contribution in [2.24, 2.45) is 15.7 Å². The molecular weight excluding hydrogens is 494 g/mol. The van der Waals surface area contributed by atoms with Gasteiger partial charge in [0.05, 0.1) is 29.7 Å². The van der Waals surface area contributed by atoms with Crippen LogP contribution < -0.4 is 16.0 Å². The fourth-order valence-electron chi connectivity index (χ4n) is 4.30. The number of para-hydroxylation sites is 1. The highest BCUT2D eigenvalue weighted by molar-refractivity contribution is 6.19. The number of amides is 1. The molecule has 2 aliphatic rings. The first-order chi connectivity index (χ1) is 19.0. The zero-order valence-electron chi connectivity index (χ0n) is 22.3. The fourth-order valence-corrected chi connectivity index (χ4v) is 4.30. The van der Waals surface area contributed by atoms with Crippen LogP contribution in [0.2, 0.25) is 0 Å². The van der Waals surface area contributed by atoms with E-state index in [1.54, 1.807) is 18.3 Å². The number of rotatable bonds is 4. The van der Waals surface area contributed by atoms with E-state index in [4.69, 9.17) is 20.6 Å². The summed E-state index contributed by atoms with van der Waals surface area (Å²) in [5.41, 5.74) is 9.36. The number of anilines is 2. The second-order valence-corrected chi connectivity index (χ2v) is 8.65. The Morgan fingerprint density at radius 1 is 1.13 bits per heavy atom. The lowest BCUT2D eigenvalue weighted by Crippen LogP contribution is -2.42. The van der Waals surface area contributed by atoms with E-state index < -0.39 is 12.1 Å². The minimum Gasteiger partial charge on any atom is -0.407 e. The Labute approximate surface area is 228 Å². The van der Waals surface area contributed by atoms with E-state index in [2.05, 4.69) is 20.3 Å². The number of ether oxygens (including phenoxy) is 2. The molecule has 0 saturated carbocycles. The number of benzodiazepines with no additional fused rings is 1. The van der Waals surface area contributed by atoms with Gasteiger partial charge in [0, 0.05) is 30.4 Å². The summed E-state index contributed by atoms with van der Waals surface area (Å²) in [6.45, 7) is 7.84. The average molecular weight is 528 g/mol. The van der Waals surface area contributed by atoms with Gasteiger partial charge in [-0.25, -0.2) is 9.98 Å². The number of hydrogen-bond acceptors (Lipinski definition) is 8. The smallest absolute Gasteiger partial charge is 0.291 e. The summed E-state index contributed by atoms with van der Waals surface area (Å²) >= 11 is 0. The third-order valence-corrected chi connectivity index (χ3v) is 6.00. The molecule has 0 aliphatic carbocycles. The first-order valence-corrected chi connectivity index (χ1v) is 12.9. The molecule has 4 N–H and O–H groups in total. The van der Waals surface area contributed by atoms with Crippen LogP contribution in [0, 0.1) is 5.41 Å². The Hall–Kier alpha value is -4.57. The number of aliphatic imine (C=N–C) groups is 2. The molecule has 2 atom stereocenters. The minimum atomic E-state index is -1.20. The lowest BCUT2D eigenvalue weighted by atomic mass is 10.0. The van der Waals surface area contributed by atoms with E-state index in [-0.39, 0.29) is 18.0 Å². The van der Waals surface area contributed by atoms with Crippen molar-refractivity contribution in [3.63, 3.8) is 0 Å². The topological polar surface area (TPSA) is 138 Å². The molecule has 1 unspecified atom stereocenters. The predicted molar refractivity (Wildman–Crippen MR) is 154 cm³/mol. The molecule has 0 bridgehead atoms. The molecule has 10 nitrogen and oxygen atoms in total. The molecule has 2 aliphatic heterocycles. The number of aromatic nitrogens is 1. The van der Waals surface area contributed by atoms with Gasteiger partial charge < -0.3 is 25.4 Å². The van der Waals surface area contributed by atoms with Crippen LogP contribution in [0.3, 0.4) is 0 Å². The summed E-state index contributed by atoms with van der Waals surface area (Å²) in [6.07, 6.45) is 0.501. The average Bonchev–Trinajstić information content (AvgIpc) is 3.10. The molecule has 5 rings (SSSR count). The molecule has 10 heteroatoms. The van der Waals surface area contributed by atoms with Gasteiger partial charge in [0.1, 0.15) is 5.82 Å². The van der Waals surface area contributed by atoms with Crippen molar-refractivity contribution in [1.82, 2.24) is 4.98 Å². The van der Waals surface area contributed by atoms with Crippen molar-refractivity contribution < 1.29 is 14.3 Å². The highest BCUT2D eigenvalue weighted by atomic mass is 16.5. The number of carbonyl (C=O) groups excluding carboxylic acids is 1. The van der Waals surface area contributed by atoms with E-state index in [0.29, 0.717) is 42.5 Å². The van der Waals surface area contributed by atoms with Crippen LogP contribution in [0.5, 0.6) is 0 Å². The van der Waals surface area contributed by atoms with Gasteiger partial charge in [0.15, 0.2) is 0 Å². The van der Waals surface area contributed by atoms with Gasteiger partial charge in [-0.1, -0.05) is 62.4 Å². The highest BCUT2D eigenvalue weighted by Gasteiger charge is 2.27. The maximum Gasteiger partial charge on any atom is 0.291 e. The molecule has 1 fully saturated rings. The Morgan fingerprint density at radius 3 is 2.64 bits per heavy atom.